The lowest BCUT2D eigenvalue weighted by Gasteiger charge is -2.11. The maximum Gasteiger partial charge on any atom is 0.229 e. The highest BCUT2D eigenvalue weighted by molar-refractivity contribution is 6.28. The Morgan fingerprint density at radius 1 is 1.22 bits per heavy atom. The number of rotatable bonds is 3. The molecule has 0 aliphatic carbocycles. The fraction of sp³-hybridized carbons (Fsp3) is 0.273. The average molecular weight is 266 g/mol. The van der Waals surface area contributed by atoms with Gasteiger partial charge in [0, 0.05) is 20.3 Å². The van der Waals surface area contributed by atoms with E-state index in [0.29, 0.717) is 23.2 Å². The Balaban J connectivity index is 2.56. The molecule has 0 fully saturated rings. The van der Waals surface area contributed by atoms with Gasteiger partial charge in [-0.05, 0) is 23.7 Å². The largest absolute Gasteiger partial charge is 0.494 e. The number of anilines is 1. The van der Waals surface area contributed by atoms with Gasteiger partial charge < -0.3 is 9.64 Å². The van der Waals surface area contributed by atoms with Gasteiger partial charge in [-0.15, -0.1) is 0 Å². The Kier molecular flexibility index (Phi) is 3.57. The van der Waals surface area contributed by atoms with Crippen molar-refractivity contribution in [2.75, 3.05) is 26.1 Å². The van der Waals surface area contributed by atoms with E-state index in [9.17, 15) is 0 Å². The van der Waals surface area contributed by atoms with Crippen molar-refractivity contribution in [2.45, 2.75) is 0 Å². The van der Waals surface area contributed by atoms with Gasteiger partial charge in [0.25, 0.3) is 0 Å². The smallest absolute Gasteiger partial charge is 0.229 e. The minimum absolute atomic E-state index is 0.122. The normalized spacial score (nSPS) is 10.2. The third-order valence-electron chi connectivity index (χ3n) is 2.20. The molecular weight excluding hydrogens is 254 g/mol. The standard InChI is InChI=1S/C11H12ClN5O/c1-17(2)11-15-9(14-10(12)16-11)8-7(18-3)5-4-6-13-8/h4-6H,1-3H3. The number of hydrogen-bond acceptors (Lipinski definition) is 6. The molecule has 0 aromatic carbocycles. The van der Waals surface area contributed by atoms with Gasteiger partial charge in [0.15, 0.2) is 5.82 Å². The van der Waals surface area contributed by atoms with E-state index >= 15 is 0 Å². The summed E-state index contributed by atoms with van der Waals surface area (Å²) in [5.41, 5.74) is 0.535. The number of hydrogen-bond donors (Lipinski definition) is 0. The summed E-state index contributed by atoms with van der Waals surface area (Å²) in [7, 11) is 5.21. The predicted octanol–water partition coefficient (Wildman–Crippen LogP) is 1.66. The molecule has 0 saturated heterocycles. The van der Waals surface area contributed by atoms with Crippen LogP contribution in [0.25, 0.3) is 11.5 Å². The van der Waals surface area contributed by atoms with Crippen molar-refractivity contribution >= 4 is 17.5 Å². The highest BCUT2D eigenvalue weighted by Gasteiger charge is 2.13. The molecule has 0 unspecified atom stereocenters. The highest BCUT2D eigenvalue weighted by Crippen LogP contribution is 2.25. The van der Waals surface area contributed by atoms with Crippen LogP contribution < -0.4 is 9.64 Å². The summed E-state index contributed by atoms with van der Waals surface area (Å²) < 4.78 is 5.22. The zero-order chi connectivity index (χ0) is 13.1. The van der Waals surface area contributed by atoms with Crippen molar-refractivity contribution in [2.24, 2.45) is 0 Å². The van der Waals surface area contributed by atoms with Crippen molar-refractivity contribution in [3.63, 3.8) is 0 Å². The molecule has 0 atom stereocenters. The number of pyridine rings is 1. The van der Waals surface area contributed by atoms with Gasteiger partial charge in [0.1, 0.15) is 11.4 Å². The molecule has 0 aliphatic heterocycles. The zero-order valence-electron chi connectivity index (χ0n) is 10.3. The summed E-state index contributed by atoms with van der Waals surface area (Å²) in [5.74, 6) is 1.44. The van der Waals surface area contributed by atoms with Gasteiger partial charge in [-0.2, -0.15) is 15.0 Å². The fourth-order valence-corrected chi connectivity index (χ4v) is 1.52. The van der Waals surface area contributed by atoms with Crippen molar-refractivity contribution in [3.05, 3.63) is 23.6 Å². The van der Waals surface area contributed by atoms with Crippen LogP contribution in [0.15, 0.2) is 18.3 Å². The van der Waals surface area contributed by atoms with Crippen molar-refractivity contribution in [3.8, 4) is 17.3 Å². The first-order valence-electron chi connectivity index (χ1n) is 5.20. The quantitative estimate of drug-likeness (QED) is 0.841. The second kappa shape index (κ2) is 5.14. The number of halogens is 1. The molecule has 0 spiro atoms. The molecular formula is C11H12ClN5O. The Hall–Kier alpha value is -1.95. The van der Waals surface area contributed by atoms with Gasteiger partial charge in [-0.25, -0.2) is 4.98 Å². The predicted molar refractivity (Wildman–Crippen MR) is 68.9 cm³/mol. The molecule has 0 saturated carbocycles. The highest BCUT2D eigenvalue weighted by atomic mass is 35.5. The lowest BCUT2D eigenvalue weighted by atomic mass is 10.3. The van der Waals surface area contributed by atoms with E-state index in [4.69, 9.17) is 16.3 Å². The van der Waals surface area contributed by atoms with E-state index in [2.05, 4.69) is 19.9 Å². The van der Waals surface area contributed by atoms with E-state index in [1.54, 1.807) is 30.3 Å². The van der Waals surface area contributed by atoms with Crippen LogP contribution in [0.4, 0.5) is 5.95 Å². The third-order valence-corrected chi connectivity index (χ3v) is 2.37. The number of methoxy groups -OCH3 is 1. The maximum absolute atomic E-state index is 5.88. The van der Waals surface area contributed by atoms with Crippen molar-refractivity contribution in [1.29, 1.82) is 0 Å². The monoisotopic (exact) mass is 265 g/mol. The van der Waals surface area contributed by atoms with Crippen LogP contribution in [-0.4, -0.2) is 41.1 Å². The van der Waals surface area contributed by atoms with Crippen molar-refractivity contribution < 1.29 is 4.74 Å². The van der Waals surface area contributed by atoms with Gasteiger partial charge in [0.05, 0.1) is 7.11 Å². The van der Waals surface area contributed by atoms with Gasteiger partial charge >= 0.3 is 0 Å². The Bertz CT molecular complexity index is 561. The number of nitrogens with zero attached hydrogens (tertiary/aromatic N) is 5. The topological polar surface area (TPSA) is 64.0 Å². The fourth-order valence-electron chi connectivity index (χ4n) is 1.37. The molecule has 0 amide bonds. The lowest BCUT2D eigenvalue weighted by Crippen LogP contribution is -2.14. The molecule has 0 aliphatic rings. The molecule has 2 rings (SSSR count). The molecule has 0 bridgehead atoms. The van der Waals surface area contributed by atoms with E-state index in [1.807, 2.05) is 14.1 Å². The lowest BCUT2D eigenvalue weighted by molar-refractivity contribution is 0.414. The Labute approximate surface area is 110 Å². The molecule has 2 heterocycles. The zero-order valence-corrected chi connectivity index (χ0v) is 11.0. The molecule has 7 heteroatoms. The average Bonchev–Trinajstić information content (AvgIpc) is 2.38. The Morgan fingerprint density at radius 2 is 2.00 bits per heavy atom. The van der Waals surface area contributed by atoms with Crippen LogP contribution >= 0.6 is 11.6 Å². The summed E-state index contributed by atoms with van der Waals surface area (Å²) in [6.07, 6.45) is 1.64. The first kappa shape index (κ1) is 12.5. The minimum Gasteiger partial charge on any atom is -0.494 e. The molecule has 6 nitrogen and oxygen atoms in total. The summed E-state index contributed by atoms with van der Waals surface area (Å²) >= 11 is 5.88. The van der Waals surface area contributed by atoms with Gasteiger partial charge in [0.2, 0.25) is 11.2 Å². The van der Waals surface area contributed by atoms with E-state index in [1.165, 1.54) is 0 Å². The maximum atomic E-state index is 5.88. The van der Waals surface area contributed by atoms with Crippen molar-refractivity contribution in [1.82, 2.24) is 19.9 Å². The van der Waals surface area contributed by atoms with Crippen LogP contribution in [-0.2, 0) is 0 Å². The van der Waals surface area contributed by atoms with Gasteiger partial charge in [-0.3, -0.25) is 0 Å². The van der Waals surface area contributed by atoms with Gasteiger partial charge in [-0.1, -0.05) is 0 Å². The summed E-state index contributed by atoms with van der Waals surface area (Å²) in [6, 6.07) is 3.56. The summed E-state index contributed by atoms with van der Waals surface area (Å²) in [4.78, 5) is 18.3. The van der Waals surface area contributed by atoms with E-state index in [-0.39, 0.29) is 5.28 Å². The summed E-state index contributed by atoms with van der Waals surface area (Å²) in [5, 5.41) is 0.122. The van der Waals surface area contributed by atoms with E-state index in [0.717, 1.165) is 0 Å². The third kappa shape index (κ3) is 2.48. The molecule has 2 aromatic heterocycles. The van der Waals surface area contributed by atoms with Crippen LogP contribution in [0.1, 0.15) is 0 Å². The second-order valence-corrected chi connectivity index (χ2v) is 4.01. The second-order valence-electron chi connectivity index (χ2n) is 3.68. The summed E-state index contributed by atoms with van der Waals surface area (Å²) in [6.45, 7) is 0. The minimum atomic E-state index is 0.122. The molecule has 18 heavy (non-hydrogen) atoms. The number of aromatic nitrogens is 4. The molecule has 94 valence electrons. The van der Waals surface area contributed by atoms with Crippen LogP contribution in [0.2, 0.25) is 5.28 Å². The van der Waals surface area contributed by atoms with Crippen LogP contribution in [0.5, 0.6) is 5.75 Å². The first-order valence-corrected chi connectivity index (χ1v) is 5.58. The Morgan fingerprint density at radius 3 is 2.67 bits per heavy atom. The molecule has 0 N–H and O–H groups in total. The number of ether oxygens (including phenoxy) is 1. The molecule has 2 aromatic rings. The SMILES string of the molecule is COc1cccnc1-c1nc(Cl)nc(N(C)C)n1. The van der Waals surface area contributed by atoms with Crippen LogP contribution in [0, 0.1) is 0 Å². The first-order chi connectivity index (χ1) is 8.61. The van der Waals surface area contributed by atoms with Crippen LogP contribution in [0.3, 0.4) is 0 Å². The van der Waals surface area contributed by atoms with E-state index < -0.39 is 0 Å². The molecule has 0 radical (unpaired) electrons.